The molecule has 0 aliphatic heterocycles. The second kappa shape index (κ2) is 5.10. The van der Waals surface area contributed by atoms with Crippen LogP contribution in [0.15, 0.2) is 28.7 Å². The molecule has 0 radical (unpaired) electrons. The van der Waals surface area contributed by atoms with Crippen LogP contribution in [0.3, 0.4) is 0 Å². The van der Waals surface area contributed by atoms with Crippen LogP contribution in [0.25, 0.3) is 11.0 Å². The van der Waals surface area contributed by atoms with Crippen LogP contribution in [0, 0.1) is 5.82 Å². The summed E-state index contributed by atoms with van der Waals surface area (Å²) in [6, 6.07) is 6.25. The number of rotatable bonds is 5. The van der Waals surface area contributed by atoms with E-state index in [9.17, 15) is 9.18 Å². The number of Topliss-reactive ketones (excluding diaryl/α,β-unsaturated/α-hetero) is 1. The van der Waals surface area contributed by atoms with E-state index < -0.39 is 5.82 Å². The Morgan fingerprint density at radius 1 is 1.47 bits per heavy atom. The number of ketones is 1. The Bertz CT molecular complexity index is 533. The number of carbonyl (C=O) groups excluding carboxylic acids is 1. The zero-order chi connectivity index (χ0) is 12.3. The van der Waals surface area contributed by atoms with E-state index in [4.69, 9.17) is 4.42 Å². The smallest absolute Gasteiger partial charge is 0.198 e. The fraction of sp³-hybridized carbons (Fsp3) is 0.308. The van der Waals surface area contributed by atoms with Crippen molar-refractivity contribution in [3.8, 4) is 0 Å². The average Bonchev–Trinajstić information content (AvgIpc) is 2.75. The van der Waals surface area contributed by atoms with Gasteiger partial charge in [-0.2, -0.15) is 0 Å². The Balaban J connectivity index is 2.19. The highest BCUT2D eigenvalue weighted by molar-refractivity contribution is 5.97. The van der Waals surface area contributed by atoms with Gasteiger partial charge in [0.1, 0.15) is 0 Å². The molecule has 0 saturated carbocycles. The van der Waals surface area contributed by atoms with Crippen molar-refractivity contribution in [1.82, 2.24) is 5.32 Å². The minimum Gasteiger partial charge on any atom is -0.450 e. The zero-order valence-electron chi connectivity index (χ0n) is 9.63. The first-order chi connectivity index (χ1) is 8.22. The molecule has 0 fully saturated rings. The van der Waals surface area contributed by atoms with Gasteiger partial charge in [0.25, 0.3) is 0 Å². The van der Waals surface area contributed by atoms with E-state index >= 15 is 0 Å². The van der Waals surface area contributed by atoms with Gasteiger partial charge in [-0.3, -0.25) is 4.79 Å². The summed E-state index contributed by atoms with van der Waals surface area (Å²) in [5, 5.41) is 3.59. The Hall–Kier alpha value is -1.68. The number of nitrogens with one attached hydrogen (secondary N) is 1. The molecular weight excluding hydrogens is 221 g/mol. The van der Waals surface area contributed by atoms with Crippen molar-refractivity contribution in [2.24, 2.45) is 0 Å². The predicted octanol–water partition coefficient (Wildman–Crippen LogP) is 2.75. The molecule has 0 unspecified atom stereocenters. The molecule has 0 bridgehead atoms. The van der Waals surface area contributed by atoms with Crippen molar-refractivity contribution < 1.29 is 13.6 Å². The first-order valence-corrected chi connectivity index (χ1v) is 5.58. The summed E-state index contributed by atoms with van der Waals surface area (Å²) in [5.41, 5.74) is 0.157. The van der Waals surface area contributed by atoms with Gasteiger partial charge in [-0.25, -0.2) is 4.39 Å². The summed E-state index contributed by atoms with van der Waals surface area (Å²) in [5.74, 6) is -0.283. The van der Waals surface area contributed by atoms with Crippen molar-refractivity contribution in [2.45, 2.75) is 12.8 Å². The van der Waals surface area contributed by atoms with Gasteiger partial charge in [0, 0.05) is 11.8 Å². The lowest BCUT2D eigenvalue weighted by Crippen LogP contribution is -2.09. The van der Waals surface area contributed by atoms with Crippen molar-refractivity contribution in [1.29, 1.82) is 0 Å². The fourth-order valence-electron chi connectivity index (χ4n) is 1.71. The molecule has 1 aromatic heterocycles. The molecule has 90 valence electrons. The molecule has 1 heterocycles. The molecule has 2 aromatic rings. The van der Waals surface area contributed by atoms with Crippen LogP contribution in [0.1, 0.15) is 23.4 Å². The van der Waals surface area contributed by atoms with E-state index in [0.29, 0.717) is 11.8 Å². The normalized spacial score (nSPS) is 10.9. The van der Waals surface area contributed by atoms with Crippen molar-refractivity contribution in [3.63, 3.8) is 0 Å². The molecule has 17 heavy (non-hydrogen) atoms. The van der Waals surface area contributed by atoms with Gasteiger partial charge in [0.15, 0.2) is 22.9 Å². The molecule has 1 aromatic carbocycles. The number of fused-ring (bicyclic) bond motifs is 1. The third kappa shape index (κ3) is 2.53. The monoisotopic (exact) mass is 235 g/mol. The quantitative estimate of drug-likeness (QED) is 0.640. The molecule has 0 spiro atoms. The van der Waals surface area contributed by atoms with E-state index in [-0.39, 0.29) is 17.1 Å². The second-order valence-corrected chi connectivity index (χ2v) is 3.90. The molecule has 0 amide bonds. The van der Waals surface area contributed by atoms with Crippen LogP contribution in [0.5, 0.6) is 0 Å². The minimum atomic E-state index is -0.434. The highest BCUT2D eigenvalue weighted by atomic mass is 19.1. The van der Waals surface area contributed by atoms with Crippen LogP contribution >= 0.6 is 0 Å². The molecule has 4 heteroatoms. The predicted molar refractivity (Wildman–Crippen MR) is 63.7 cm³/mol. The van der Waals surface area contributed by atoms with E-state index in [0.717, 1.165) is 13.0 Å². The molecule has 2 rings (SSSR count). The maximum atomic E-state index is 13.4. The Morgan fingerprint density at radius 3 is 3.00 bits per heavy atom. The molecule has 0 aliphatic rings. The molecular formula is C13H14FNO2. The largest absolute Gasteiger partial charge is 0.450 e. The van der Waals surface area contributed by atoms with Gasteiger partial charge in [0.05, 0.1) is 0 Å². The first kappa shape index (κ1) is 11.8. The van der Waals surface area contributed by atoms with Crippen LogP contribution in [0.4, 0.5) is 4.39 Å². The maximum Gasteiger partial charge on any atom is 0.198 e. The summed E-state index contributed by atoms with van der Waals surface area (Å²) < 4.78 is 18.6. The lowest BCUT2D eigenvalue weighted by Gasteiger charge is -1.96. The van der Waals surface area contributed by atoms with Gasteiger partial charge in [-0.15, -0.1) is 0 Å². The summed E-state index contributed by atoms with van der Waals surface area (Å²) >= 11 is 0. The molecule has 0 aliphatic carbocycles. The van der Waals surface area contributed by atoms with Gasteiger partial charge < -0.3 is 9.73 Å². The fourth-order valence-corrected chi connectivity index (χ4v) is 1.71. The number of halogens is 1. The number of furan rings is 1. The molecule has 3 nitrogen and oxygen atoms in total. The maximum absolute atomic E-state index is 13.4. The van der Waals surface area contributed by atoms with Crippen LogP contribution in [0.2, 0.25) is 0 Å². The van der Waals surface area contributed by atoms with E-state index in [2.05, 4.69) is 5.32 Å². The molecule has 1 N–H and O–H groups in total. The molecule has 0 atom stereocenters. The van der Waals surface area contributed by atoms with Gasteiger partial charge >= 0.3 is 0 Å². The van der Waals surface area contributed by atoms with E-state index in [1.54, 1.807) is 18.2 Å². The van der Waals surface area contributed by atoms with Crippen molar-refractivity contribution in [3.05, 3.63) is 35.8 Å². The number of hydrogen-bond acceptors (Lipinski definition) is 3. The van der Waals surface area contributed by atoms with E-state index in [1.165, 1.54) is 6.07 Å². The summed E-state index contributed by atoms with van der Waals surface area (Å²) in [6.45, 7) is 0.778. The van der Waals surface area contributed by atoms with Crippen molar-refractivity contribution in [2.75, 3.05) is 13.6 Å². The highest BCUT2D eigenvalue weighted by Crippen LogP contribution is 2.23. The third-order valence-electron chi connectivity index (χ3n) is 2.60. The van der Waals surface area contributed by atoms with Gasteiger partial charge in [-0.1, -0.05) is 12.1 Å². The number of carbonyl (C=O) groups is 1. The average molecular weight is 235 g/mol. The number of benzene rings is 1. The Labute approximate surface area is 98.6 Å². The van der Waals surface area contributed by atoms with Crippen LogP contribution in [-0.2, 0) is 0 Å². The van der Waals surface area contributed by atoms with Gasteiger partial charge in [-0.05, 0) is 32.1 Å². The lowest BCUT2D eigenvalue weighted by molar-refractivity contribution is 0.0955. The van der Waals surface area contributed by atoms with Crippen molar-refractivity contribution >= 4 is 16.8 Å². The second-order valence-electron chi connectivity index (χ2n) is 3.90. The standard InChI is InChI=1S/C13H14FNO2/c1-15-7-3-6-11(16)12-8-9-4-2-5-10(14)13(9)17-12/h2,4-5,8,15H,3,6-7H2,1H3. The summed E-state index contributed by atoms with van der Waals surface area (Å²) in [4.78, 5) is 11.8. The van der Waals surface area contributed by atoms with E-state index in [1.807, 2.05) is 7.05 Å². The lowest BCUT2D eigenvalue weighted by atomic mass is 10.1. The Kier molecular flexibility index (Phi) is 3.54. The van der Waals surface area contributed by atoms with Crippen LogP contribution < -0.4 is 5.32 Å². The Morgan fingerprint density at radius 2 is 2.29 bits per heavy atom. The topological polar surface area (TPSA) is 42.2 Å². The molecule has 0 saturated heterocycles. The van der Waals surface area contributed by atoms with Crippen LogP contribution in [-0.4, -0.2) is 19.4 Å². The minimum absolute atomic E-state index is 0.0872. The number of hydrogen-bond donors (Lipinski definition) is 1. The first-order valence-electron chi connectivity index (χ1n) is 5.58. The summed E-state index contributed by atoms with van der Waals surface area (Å²) in [7, 11) is 1.83. The SMILES string of the molecule is CNCCCC(=O)c1cc2cccc(F)c2o1. The number of para-hydroxylation sites is 1. The third-order valence-corrected chi connectivity index (χ3v) is 2.60. The zero-order valence-corrected chi connectivity index (χ0v) is 9.63. The van der Waals surface area contributed by atoms with Gasteiger partial charge in [0.2, 0.25) is 0 Å². The summed E-state index contributed by atoms with van der Waals surface area (Å²) in [6.07, 6.45) is 1.15. The highest BCUT2D eigenvalue weighted by Gasteiger charge is 2.13.